The van der Waals surface area contributed by atoms with E-state index in [1.807, 2.05) is 19.1 Å². The van der Waals surface area contributed by atoms with Crippen molar-refractivity contribution in [3.8, 4) is 11.1 Å². The zero-order valence-corrected chi connectivity index (χ0v) is 9.23. The van der Waals surface area contributed by atoms with Crippen LogP contribution in [0.3, 0.4) is 0 Å². The van der Waals surface area contributed by atoms with Gasteiger partial charge < -0.3 is 10.1 Å². The average molecular weight is 210 g/mol. The summed E-state index contributed by atoms with van der Waals surface area (Å²) in [6, 6.07) is 6.37. The summed E-state index contributed by atoms with van der Waals surface area (Å²) in [7, 11) is 1.67. The van der Waals surface area contributed by atoms with Crippen LogP contribution >= 0.6 is 11.3 Å². The number of hydrogen-bond acceptors (Lipinski definition) is 4. The van der Waals surface area contributed by atoms with Crippen LogP contribution in [0.15, 0.2) is 12.1 Å². The molecule has 4 heteroatoms. The normalized spacial score (nSPS) is 12.1. The first-order valence-electron chi connectivity index (χ1n) is 4.49. The highest BCUT2D eigenvalue weighted by molar-refractivity contribution is 7.13. The summed E-state index contributed by atoms with van der Waals surface area (Å²) in [5, 5.41) is 12.7. The van der Waals surface area contributed by atoms with Crippen LogP contribution in [0.25, 0.3) is 0 Å². The maximum atomic E-state index is 8.47. The molecule has 0 aromatic carbocycles. The number of rotatable bonds is 5. The van der Waals surface area contributed by atoms with Crippen molar-refractivity contribution in [1.29, 1.82) is 5.26 Å². The molecular weight excluding hydrogens is 196 g/mol. The van der Waals surface area contributed by atoms with Gasteiger partial charge in [0.05, 0.1) is 19.6 Å². The molecule has 1 atom stereocenters. The van der Waals surface area contributed by atoms with E-state index in [-0.39, 0.29) is 6.04 Å². The highest BCUT2D eigenvalue weighted by Crippen LogP contribution is 2.23. The second kappa shape index (κ2) is 5.63. The zero-order chi connectivity index (χ0) is 10.4. The summed E-state index contributed by atoms with van der Waals surface area (Å²) in [6.07, 6.45) is 0.544. The van der Waals surface area contributed by atoms with Gasteiger partial charge in [-0.2, -0.15) is 5.26 Å². The van der Waals surface area contributed by atoms with Gasteiger partial charge in [0.2, 0.25) is 0 Å². The SMILES string of the molecule is COc1ccc(CNC(C)CC#N)s1. The fourth-order valence-corrected chi connectivity index (χ4v) is 1.82. The average Bonchev–Trinajstić information content (AvgIpc) is 2.63. The third kappa shape index (κ3) is 3.36. The van der Waals surface area contributed by atoms with Crippen LogP contribution in [0.5, 0.6) is 5.06 Å². The molecule has 14 heavy (non-hydrogen) atoms. The molecule has 0 aliphatic carbocycles. The highest BCUT2D eigenvalue weighted by Gasteiger charge is 2.02. The van der Waals surface area contributed by atoms with Crippen molar-refractivity contribution >= 4 is 11.3 Å². The lowest BCUT2D eigenvalue weighted by atomic mass is 10.2. The standard InChI is InChI=1S/C10H14N2OS/c1-8(5-6-11)12-7-9-3-4-10(13-2)14-9/h3-4,8,12H,5,7H2,1-2H3. The molecule has 0 aliphatic heterocycles. The number of nitrogens with one attached hydrogen (secondary N) is 1. The van der Waals surface area contributed by atoms with E-state index in [0.717, 1.165) is 11.6 Å². The van der Waals surface area contributed by atoms with Gasteiger partial charge in [0, 0.05) is 17.5 Å². The van der Waals surface area contributed by atoms with E-state index in [2.05, 4.69) is 11.4 Å². The fourth-order valence-electron chi connectivity index (χ4n) is 1.05. The van der Waals surface area contributed by atoms with E-state index in [4.69, 9.17) is 10.00 Å². The third-order valence-electron chi connectivity index (χ3n) is 1.86. The predicted molar refractivity (Wildman–Crippen MR) is 57.4 cm³/mol. The van der Waals surface area contributed by atoms with Crippen molar-refractivity contribution in [3.63, 3.8) is 0 Å². The Morgan fingerprint density at radius 1 is 1.64 bits per heavy atom. The minimum absolute atomic E-state index is 0.244. The first-order valence-corrected chi connectivity index (χ1v) is 5.31. The summed E-state index contributed by atoms with van der Waals surface area (Å²) >= 11 is 1.63. The molecule has 3 nitrogen and oxygen atoms in total. The first kappa shape index (κ1) is 11.0. The quantitative estimate of drug-likeness (QED) is 0.810. The van der Waals surface area contributed by atoms with E-state index in [1.165, 1.54) is 4.88 Å². The van der Waals surface area contributed by atoms with Crippen molar-refractivity contribution in [1.82, 2.24) is 5.32 Å². The summed E-state index contributed by atoms with van der Waals surface area (Å²) in [4.78, 5) is 1.23. The minimum Gasteiger partial charge on any atom is -0.487 e. The molecular formula is C10H14N2OS. The zero-order valence-electron chi connectivity index (χ0n) is 8.41. The fraction of sp³-hybridized carbons (Fsp3) is 0.500. The molecule has 0 fully saturated rings. The third-order valence-corrected chi connectivity index (χ3v) is 2.91. The molecule has 0 aliphatic rings. The molecule has 1 heterocycles. The molecule has 0 radical (unpaired) electrons. The van der Waals surface area contributed by atoms with Crippen LogP contribution in [-0.2, 0) is 6.54 Å². The van der Waals surface area contributed by atoms with E-state index >= 15 is 0 Å². The number of nitriles is 1. The minimum atomic E-state index is 0.244. The molecule has 1 unspecified atom stereocenters. The van der Waals surface area contributed by atoms with Gasteiger partial charge in [0.25, 0.3) is 0 Å². The highest BCUT2D eigenvalue weighted by atomic mass is 32.1. The second-order valence-corrected chi connectivity index (χ2v) is 4.20. The Bertz CT molecular complexity index is 316. The molecule has 76 valence electrons. The second-order valence-electron chi connectivity index (χ2n) is 3.07. The van der Waals surface area contributed by atoms with Crippen molar-refractivity contribution < 1.29 is 4.74 Å². The van der Waals surface area contributed by atoms with Crippen LogP contribution < -0.4 is 10.1 Å². The van der Waals surface area contributed by atoms with Crippen molar-refractivity contribution in [2.45, 2.75) is 25.9 Å². The van der Waals surface area contributed by atoms with Crippen LogP contribution in [0.2, 0.25) is 0 Å². The van der Waals surface area contributed by atoms with Gasteiger partial charge in [-0.25, -0.2) is 0 Å². The summed E-state index contributed by atoms with van der Waals surface area (Å²) in [5.74, 6) is 0. The number of ether oxygens (including phenoxy) is 1. The van der Waals surface area contributed by atoms with Gasteiger partial charge >= 0.3 is 0 Å². The Labute approximate surface area is 88.3 Å². The van der Waals surface area contributed by atoms with Gasteiger partial charge in [-0.1, -0.05) is 0 Å². The smallest absolute Gasteiger partial charge is 0.173 e. The first-order chi connectivity index (χ1) is 6.76. The van der Waals surface area contributed by atoms with E-state index in [0.29, 0.717) is 6.42 Å². The lowest BCUT2D eigenvalue weighted by Gasteiger charge is -2.07. The van der Waals surface area contributed by atoms with E-state index in [9.17, 15) is 0 Å². The van der Waals surface area contributed by atoms with Gasteiger partial charge in [0.1, 0.15) is 0 Å². The maximum absolute atomic E-state index is 8.47. The summed E-state index contributed by atoms with van der Waals surface area (Å²) < 4.78 is 5.09. The summed E-state index contributed by atoms with van der Waals surface area (Å²) in [6.45, 7) is 2.81. The van der Waals surface area contributed by atoms with Crippen molar-refractivity contribution in [2.24, 2.45) is 0 Å². The Morgan fingerprint density at radius 2 is 2.43 bits per heavy atom. The Kier molecular flexibility index (Phi) is 4.44. The Morgan fingerprint density at radius 3 is 3.00 bits per heavy atom. The molecule has 0 bridgehead atoms. The molecule has 0 spiro atoms. The van der Waals surface area contributed by atoms with Crippen LogP contribution in [0.4, 0.5) is 0 Å². The molecule has 1 rings (SSSR count). The van der Waals surface area contributed by atoms with Gasteiger partial charge in [-0.15, -0.1) is 11.3 Å². The summed E-state index contributed by atoms with van der Waals surface area (Å²) in [5.41, 5.74) is 0. The van der Waals surface area contributed by atoms with Gasteiger partial charge in [-0.3, -0.25) is 0 Å². The van der Waals surface area contributed by atoms with Crippen molar-refractivity contribution in [3.05, 3.63) is 17.0 Å². The molecule has 1 aromatic rings. The predicted octanol–water partition coefficient (Wildman–Crippen LogP) is 2.15. The Hall–Kier alpha value is -1.05. The van der Waals surface area contributed by atoms with Gasteiger partial charge in [0.15, 0.2) is 5.06 Å². The molecule has 1 N–H and O–H groups in total. The molecule has 0 saturated carbocycles. The van der Waals surface area contributed by atoms with Crippen molar-refractivity contribution in [2.75, 3.05) is 7.11 Å². The molecule has 1 aromatic heterocycles. The van der Waals surface area contributed by atoms with E-state index in [1.54, 1.807) is 18.4 Å². The topological polar surface area (TPSA) is 45.0 Å². The number of hydrogen-bond donors (Lipinski definition) is 1. The molecule has 0 amide bonds. The number of nitrogens with zero attached hydrogens (tertiary/aromatic N) is 1. The van der Waals surface area contributed by atoms with Crippen LogP contribution in [-0.4, -0.2) is 13.2 Å². The lowest BCUT2D eigenvalue weighted by molar-refractivity contribution is 0.427. The number of thiophene rings is 1. The van der Waals surface area contributed by atoms with Crippen LogP contribution in [0, 0.1) is 11.3 Å². The largest absolute Gasteiger partial charge is 0.487 e. The van der Waals surface area contributed by atoms with E-state index < -0.39 is 0 Å². The Balaban J connectivity index is 2.34. The van der Waals surface area contributed by atoms with Crippen LogP contribution in [0.1, 0.15) is 18.2 Å². The van der Waals surface area contributed by atoms with Gasteiger partial charge in [-0.05, 0) is 19.1 Å². The molecule has 0 saturated heterocycles. The monoisotopic (exact) mass is 210 g/mol. The number of methoxy groups -OCH3 is 1. The lowest BCUT2D eigenvalue weighted by Crippen LogP contribution is -2.24. The maximum Gasteiger partial charge on any atom is 0.173 e.